The zero-order valence-corrected chi connectivity index (χ0v) is 15.8. The molecule has 0 heterocycles. The van der Waals surface area contributed by atoms with Gasteiger partial charge in [-0.1, -0.05) is 23.8 Å². The van der Waals surface area contributed by atoms with Crippen molar-refractivity contribution >= 4 is 21.6 Å². The van der Waals surface area contributed by atoms with Gasteiger partial charge in [0, 0.05) is 17.2 Å². The van der Waals surface area contributed by atoms with E-state index in [4.69, 9.17) is 4.74 Å². The molecule has 0 aliphatic carbocycles. The lowest BCUT2D eigenvalue weighted by molar-refractivity contribution is -0.385. The van der Waals surface area contributed by atoms with E-state index in [1.165, 1.54) is 26.2 Å². The number of methoxy groups -OCH3 is 1. The number of benzene rings is 2. The van der Waals surface area contributed by atoms with Crippen LogP contribution in [0.25, 0.3) is 0 Å². The minimum atomic E-state index is -4.16. The number of nitrogens with zero attached hydrogens (tertiary/aromatic N) is 1. The SMILES string of the molecule is COc1ccc(C)cc1CC(=O)NNS(=O)(=O)c1ccc(C)c([N+](=O)[O-])c1. The first-order valence-electron chi connectivity index (χ1n) is 7.83. The monoisotopic (exact) mass is 393 g/mol. The molecule has 27 heavy (non-hydrogen) atoms. The fraction of sp³-hybridized carbons (Fsp3) is 0.235. The van der Waals surface area contributed by atoms with Crippen LogP contribution in [0.3, 0.4) is 0 Å². The number of hydrogen-bond donors (Lipinski definition) is 2. The summed E-state index contributed by atoms with van der Waals surface area (Å²) >= 11 is 0. The van der Waals surface area contributed by atoms with E-state index in [9.17, 15) is 23.3 Å². The number of sulfonamides is 1. The Kier molecular flexibility index (Phi) is 6.13. The first-order chi connectivity index (χ1) is 12.6. The number of ether oxygens (including phenoxy) is 1. The summed E-state index contributed by atoms with van der Waals surface area (Å²) in [5, 5.41) is 11.0. The smallest absolute Gasteiger partial charge is 0.273 e. The normalized spacial score (nSPS) is 11.1. The van der Waals surface area contributed by atoms with Gasteiger partial charge in [0.25, 0.3) is 15.7 Å². The van der Waals surface area contributed by atoms with E-state index in [-0.39, 0.29) is 17.0 Å². The number of aryl methyl sites for hydroxylation is 2. The molecule has 2 N–H and O–H groups in total. The van der Waals surface area contributed by atoms with Crippen LogP contribution in [-0.2, 0) is 21.2 Å². The highest BCUT2D eigenvalue weighted by atomic mass is 32.2. The quantitative estimate of drug-likeness (QED) is 0.545. The maximum absolute atomic E-state index is 12.3. The highest BCUT2D eigenvalue weighted by Crippen LogP contribution is 2.22. The number of carbonyl (C=O) groups is 1. The van der Waals surface area contributed by atoms with Crippen molar-refractivity contribution in [1.82, 2.24) is 10.3 Å². The van der Waals surface area contributed by atoms with E-state index in [1.54, 1.807) is 12.1 Å². The lowest BCUT2D eigenvalue weighted by atomic mass is 10.1. The molecule has 144 valence electrons. The van der Waals surface area contributed by atoms with Crippen molar-refractivity contribution in [3.63, 3.8) is 0 Å². The van der Waals surface area contributed by atoms with Crippen LogP contribution in [0.2, 0.25) is 0 Å². The Hall–Kier alpha value is -2.98. The molecule has 2 aromatic rings. The molecule has 0 aromatic heterocycles. The summed E-state index contributed by atoms with van der Waals surface area (Å²) < 4.78 is 29.7. The Morgan fingerprint density at radius 2 is 1.89 bits per heavy atom. The lowest BCUT2D eigenvalue weighted by Gasteiger charge is -2.11. The number of nitro benzene ring substituents is 1. The molecule has 2 rings (SSSR count). The first-order valence-corrected chi connectivity index (χ1v) is 9.31. The number of nitrogens with one attached hydrogen (secondary N) is 2. The number of amides is 1. The van der Waals surface area contributed by atoms with Gasteiger partial charge in [0.1, 0.15) is 5.75 Å². The lowest BCUT2D eigenvalue weighted by Crippen LogP contribution is -2.42. The van der Waals surface area contributed by atoms with Crippen LogP contribution < -0.4 is 15.0 Å². The van der Waals surface area contributed by atoms with Crippen molar-refractivity contribution in [3.8, 4) is 5.75 Å². The number of nitro groups is 1. The minimum Gasteiger partial charge on any atom is -0.496 e. The van der Waals surface area contributed by atoms with E-state index >= 15 is 0 Å². The molecular weight excluding hydrogens is 374 g/mol. The molecule has 0 spiro atoms. The maximum Gasteiger partial charge on any atom is 0.273 e. The Labute approximate surface area is 156 Å². The predicted octanol–water partition coefficient (Wildman–Crippen LogP) is 1.77. The van der Waals surface area contributed by atoms with Gasteiger partial charge >= 0.3 is 0 Å². The second kappa shape index (κ2) is 8.14. The third-order valence-corrected chi connectivity index (χ3v) is 5.04. The van der Waals surface area contributed by atoms with Crippen molar-refractivity contribution in [2.24, 2.45) is 0 Å². The molecule has 0 unspecified atom stereocenters. The second-order valence-corrected chi connectivity index (χ2v) is 7.53. The molecule has 9 nitrogen and oxygen atoms in total. The van der Waals surface area contributed by atoms with E-state index in [0.29, 0.717) is 16.9 Å². The maximum atomic E-state index is 12.3. The number of hydrazine groups is 1. The van der Waals surface area contributed by atoms with Crippen LogP contribution >= 0.6 is 0 Å². The van der Waals surface area contributed by atoms with Gasteiger partial charge < -0.3 is 4.74 Å². The van der Waals surface area contributed by atoms with Gasteiger partial charge in [0.05, 0.1) is 23.3 Å². The van der Waals surface area contributed by atoms with Gasteiger partial charge in [-0.15, -0.1) is 4.83 Å². The Bertz CT molecular complexity index is 988. The zero-order valence-electron chi connectivity index (χ0n) is 15.0. The second-order valence-electron chi connectivity index (χ2n) is 5.85. The standard InChI is InChI=1S/C17H19N3O6S/c1-11-4-7-16(26-3)13(8-11)9-17(21)18-19-27(24,25)14-6-5-12(2)15(10-14)20(22)23/h4-8,10,19H,9H2,1-3H3,(H,18,21). The average molecular weight is 393 g/mol. The highest BCUT2D eigenvalue weighted by Gasteiger charge is 2.20. The Morgan fingerprint density at radius 3 is 2.52 bits per heavy atom. The van der Waals surface area contributed by atoms with Crippen molar-refractivity contribution < 1.29 is 22.9 Å². The van der Waals surface area contributed by atoms with E-state index < -0.39 is 20.9 Å². The third kappa shape index (κ3) is 5.02. The van der Waals surface area contributed by atoms with Crippen molar-refractivity contribution in [3.05, 3.63) is 63.2 Å². The molecule has 2 aromatic carbocycles. The Morgan fingerprint density at radius 1 is 1.19 bits per heavy atom. The van der Waals surface area contributed by atoms with Crippen molar-refractivity contribution in [2.45, 2.75) is 25.2 Å². The van der Waals surface area contributed by atoms with Crippen LogP contribution in [0.1, 0.15) is 16.7 Å². The molecular formula is C17H19N3O6S. The third-order valence-electron chi connectivity index (χ3n) is 3.80. The fourth-order valence-corrected chi connectivity index (χ4v) is 3.28. The topological polar surface area (TPSA) is 128 Å². The molecule has 0 fully saturated rings. The van der Waals surface area contributed by atoms with Gasteiger partial charge in [-0.2, -0.15) is 0 Å². The van der Waals surface area contributed by atoms with Crippen LogP contribution in [0, 0.1) is 24.0 Å². The van der Waals surface area contributed by atoms with E-state index in [1.807, 2.05) is 17.8 Å². The van der Waals surface area contributed by atoms with E-state index in [0.717, 1.165) is 11.6 Å². The largest absolute Gasteiger partial charge is 0.496 e. The molecule has 10 heteroatoms. The number of carbonyl (C=O) groups excluding carboxylic acids is 1. The highest BCUT2D eigenvalue weighted by molar-refractivity contribution is 7.89. The van der Waals surface area contributed by atoms with Gasteiger partial charge in [-0.05, 0) is 26.0 Å². The summed E-state index contributed by atoms with van der Waals surface area (Å²) in [6.45, 7) is 3.35. The molecule has 0 atom stereocenters. The van der Waals surface area contributed by atoms with Crippen LogP contribution in [0.15, 0.2) is 41.3 Å². The van der Waals surface area contributed by atoms with Crippen LogP contribution in [0.4, 0.5) is 5.69 Å². The summed E-state index contributed by atoms with van der Waals surface area (Å²) in [5.41, 5.74) is 3.62. The molecule has 0 saturated heterocycles. The summed E-state index contributed by atoms with van der Waals surface area (Å²) in [6, 6.07) is 8.79. The number of rotatable bonds is 7. The molecule has 0 aliphatic heterocycles. The van der Waals surface area contributed by atoms with Gasteiger partial charge in [-0.25, -0.2) is 8.42 Å². The summed E-state index contributed by atoms with van der Waals surface area (Å²) in [7, 11) is -2.69. The van der Waals surface area contributed by atoms with Crippen molar-refractivity contribution in [2.75, 3.05) is 7.11 Å². The molecule has 0 saturated carbocycles. The molecule has 0 aliphatic rings. The first kappa shape index (κ1) is 20.3. The summed E-state index contributed by atoms with van der Waals surface area (Å²) in [6.07, 6.45) is -0.110. The van der Waals surface area contributed by atoms with Crippen LogP contribution in [-0.4, -0.2) is 26.4 Å². The van der Waals surface area contributed by atoms with Gasteiger partial charge in [-0.3, -0.25) is 20.3 Å². The van der Waals surface area contributed by atoms with E-state index in [2.05, 4.69) is 5.43 Å². The van der Waals surface area contributed by atoms with Crippen molar-refractivity contribution in [1.29, 1.82) is 0 Å². The molecule has 0 bridgehead atoms. The summed E-state index contributed by atoms with van der Waals surface area (Å²) in [5.74, 6) is -0.100. The van der Waals surface area contributed by atoms with Crippen LogP contribution in [0.5, 0.6) is 5.75 Å². The Balaban J connectivity index is 2.11. The number of hydrogen-bond acceptors (Lipinski definition) is 6. The summed E-state index contributed by atoms with van der Waals surface area (Å²) in [4.78, 5) is 24.0. The fourth-order valence-electron chi connectivity index (χ4n) is 2.40. The minimum absolute atomic E-state index is 0.110. The zero-order chi connectivity index (χ0) is 20.2. The molecule has 1 amide bonds. The van der Waals surface area contributed by atoms with Gasteiger partial charge in [0.15, 0.2) is 0 Å². The molecule has 0 radical (unpaired) electrons. The predicted molar refractivity (Wildman–Crippen MR) is 97.7 cm³/mol. The average Bonchev–Trinajstić information content (AvgIpc) is 2.60. The van der Waals surface area contributed by atoms with Gasteiger partial charge in [0.2, 0.25) is 5.91 Å².